The van der Waals surface area contributed by atoms with E-state index in [1.807, 2.05) is 12.1 Å². The van der Waals surface area contributed by atoms with Crippen LogP contribution in [0.2, 0.25) is 0 Å². The Kier molecular flexibility index (Phi) is 8.73. The van der Waals surface area contributed by atoms with E-state index in [0.29, 0.717) is 24.2 Å². The minimum Gasteiger partial charge on any atom is -0.872 e. The number of hydrogen-bond donors (Lipinski definition) is 0. The maximum absolute atomic E-state index is 11.5. The van der Waals surface area contributed by atoms with Crippen LogP contribution in [-0.2, 0) is 17.1 Å². The summed E-state index contributed by atoms with van der Waals surface area (Å²) in [5.41, 5.74) is 1.24. The summed E-state index contributed by atoms with van der Waals surface area (Å²) in [6.45, 7) is 1.34. The first-order valence-corrected chi connectivity index (χ1v) is 7.29. The summed E-state index contributed by atoms with van der Waals surface area (Å²) in [7, 11) is 0. The Morgan fingerprint density at radius 3 is 1.48 bits per heavy atom. The third kappa shape index (κ3) is 6.68. The van der Waals surface area contributed by atoms with Gasteiger partial charge in [0, 0.05) is 25.5 Å². The third-order valence-electron chi connectivity index (χ3n) is 3.12. The molecular formula is C18H18CuN2O2. The zero-order chi connectivity index (χ0) is 15.6. The molecule has 4 nitrogen and oxygen atoms in total. The largest absolute Gasteiger partial charge is 2.00 e. The summed E-state index contributed by atoms with van der Waals surface area (Å²) >= 11 is 0. The molecule has 0 atom stereocenters. The average molecular weight is 358 g/mol. The van der Waals surface area contributed by atoms with Crippen LogP contribution in [-0.4, -0.2) is 25.5 Å². The molecular weight excluding hydrogens is 340 g/mol. The van der Waals surface area contributed by atoms with Crippen molar-refractivity contribution in [3.8, 4) is 11.5 Å². The Morgan fingerprint density at radius 2 is 1.09 bits per heavy atom. The molecule has 2 aromatic carbocycles. The normalized spacial score (nSPS) is 11.0. The minimum atomic E-state index is -0.00729. The van der Waals surface area contributed by atoms with Crippen molar-refractivity contribution in [2.75, 3.05) is 13.1 Å². The number of aliphatic imine (C=N–C) groups is 2. The van der Waals surface area contributed by atoms with Crippen molar-refractivity contribution in [2.24, 2.45) is 9.98 Å². The Bertz CT molecular complexity index is 599. The molecule has 0 spiro atoms. The van der Waals surface area contributed by atoms with Crippen molar-refractivity contribution >= 4 is 12.4 Å². The summed E-state index contributed by atoms with van der Waals surface area (Å²) in [6.07, 6.45) is 5.04. The van der Waals surface area contributed by atoms with E-state index < -0.39 is 0 Å². The van der Waals surface area contributed by atoms with Gasteiger partial charge in [0.25, 0.3) is 0 Å². The molecule has 123 valence electrons. The van der Waals surface area contributed by atoms with Crippen LogP contribution >= 0.6 is 0 Å². The number of para-hydroxylation sites is 2. The van der Waals surface area contributed by atoms with Gasteiger partial charge in [-0.1, -0.05) is 48.5 Å². The van der Waals surface area contributed by atoms with Crippen LogP contribution in [0.25, 0.3) is 0 Å². The number of benzene rings is 2. The number of nitrogens with zero attached hydrogens (tertiary/aromatic N) is 2. The van der Waals surface area contributed by atoms with Crippen LogP contribution in [0.4, 0.5) is 0 Å². The van der Waals surface area contributed by atoms with E-state index in [4.69, 9.17) is 0 Å². The van der Waals surface area contributed by atoms with Crippen LogP contribution in [0.5, 0.6) is 11.5 Å². The molecule has 0 amide bonds. The second-order valence-electron chi connectivity index (χ2n) is 4.85. The fourth-order valence-corrected chi connectivity index (χ4v) is 1.91. The van der Waals surface area contributed by atoms with Gasteiger partial charge in [0.15, 0.2) is 0 Å². The molecule has 2 aromatic rings. The molecule has 0 N–H and O–H groups in total. The van der Waals surface area contributed by atoms with Crippen molar-refractivity contribution in [1.82, 2.24) is 0 Å². The van der Waals surface area contributed by atoms with Crippen LogP contribution in [0.15, 0.2) is 58.5 Å². The molecule has 0 aliphatic carbocycles. The van der Waals surface area contributed by atoms with Gasteiger partial charge >= 0.3 is 17.1 Å². The van der Waals surface area contributed by atoms with Crippen molar-refractivity contribution in [2.45, 2.75) is 12.8 Å². The molecule has 0 aliphatic rings. The summed E-state index contributed by atoms with van der Waals surface area (Å²) in [4.78, 5) is 8.49. The smallest absolute Gasteiger partial charge is 0.872 e. The zero-order valence-electron chi connectivity index (χ0n) is 12.6. The topological polar surface area (TPSA) is 70.8 Å². The standard InChI is InChI=1S/C18H20N2O2.Cu/c21-17-9-3-1-7-15(17)13-19-11-5-6-12-20-14-16-8-2-4-10-18(16)22;/h1-4,7-10,13-14,21-22H,5-6,11-12H2;/q;+2/p-2. The van der Waals surface area contributed by atoms with Crippen LogP contribution in [0, 0.1) is 0 Å². The molecule has 0 aliphatic heterocycles. The molecule has 5 heteroatoms. The first-order chi connectivity index (χ1) is 10.8. The van der Waals surface area contributed by atoms with Gasteiger partial charge in [0.1, 0.15) is 0 Å². The molecule has 0 saturated carbocycles. The van der Waals surface area contributed by atoms with E-state index in [1.54, 1.807) is 36.7 Å². The summed E-state index contributed by atoms with van der Waals surface area (Å²) in [6, 6.07) is 13.7. The van der Waals surface area contributed by atoms with Crippen LogP contribution in [0.1, 0.15) is 24.0 Å². The average Bonchev–Trinajstić information content (AvgIpc) is 2.53. The Morgan fingerprint density at radius 1 is 0.696 bits per heavy atom. The molecule has 0 heterocycles. The quantitative estimate of drug-likeness (QED) is 0.432. The Balaban J connectivity index is 0.00000264. The number of rotatable bonds is 7. The van der Waals surface area contributed by atoms with Crippen molar-refractivity contribution in [3.63, 3.8) is 0 Å². The van der Waals surface area contributed by atoms with Gasteiger partial charge in [0.05, 0.1) is 0 Å². The molecule has 0 aromatic heterocycles. The fourth-order valence-electron chi connectivity index (χ4n) is 1.91. The monoisotopic (exact) mass is 357 g/mol. The molecule has 0 bridgehead atoms. The van der Waals surface area contributed by atoms with Gasteiger partial charge in [-0.15, -0.1) is 11.5 Å². The molecule has 2 rings (SSSR count). The predicted molar refractivity (Wildman–Crippen MR) is 85.9 cm³/mol. The first-order valence-electron chi connectivity index (χ1n) is 7.29. The second kappa shape index (κ2) is 10.6. The van der Waals surface area contributed by atoms with E-state index >= 15 is 0 Å². The van der Waals surface area contributed by atoms with E-state index in [1.165, 1.54) is 12.1 Å². The SMILES string of the molecule is [Cu+2].[O-]c1ccccc1C=NCCCCN=Cc1ccccc1[O-]. The number of hydrogen-bond acceptors (Lipinski definition) is 4. The van der Waals surface area contributed by atoms with Crippen LogP contribution in [0.3, 0.4) is 0 Å². The molecule has 0 fully saturated rings. The minimum absolute atomic E-state index is 0. The molecule has 0 unspecified atom stereocenters. The summed E-state index contributed by atoms with van der Waals surface area (Å²) < 4.78 is 0. The van der Waals surface area contributed by atoms with E-state index in [9.17, 15) is 10.2 Å². The molecule has 1 radical (unpaired) electrons. The first kappa shape index (κ1) is 18.9. The Labute approximate surface area is 147 Å². The fraction of sp³-hybridized carbons (Fsp3) is 0.222. The van der Waals surface area contributed by atoms with Gasteiger partial charge in [0.2, 0.25) is 0 Å². The Hall–Kier alpha value is -2.10. The zero-order valence-corrected chi connectivity index (χ0v) is 13.6. The number of unbranched alkanes of at least 4 members (excludes halogenated alkanes) is 1. The van der Waals surface area contributed by atoms with Crippen molar-refractivity contribution in [3.05, 3.63) is 59.7 Å². The van der Waals surface area contributed by atoms with Gasteiger partial charge in [-0.2, -0.15) is 0 Å². The summed E-state index contributed by atoms with van der Waals surface area (Å²) in [5.74, 6) is -0.0146. The predicted octanol–water partition coefficient (Wildman–Crippen LogP) is 2.15. The van der Waals surface area contributed by atoms with Crippen LogP contribution < -0.4 is 10.2 Å². The van der Waals surface area contributed by atoms with Gasteiger partial charge in [-0.3, -0.25) is 9.98 Å². The van der Waals surface area contributed by atoms with Crippen molar-refractivity contribution < 1.29 is 27.3 Å². The summed E-state index contributed by atoms with van der Waals surface area (Å²) in [5, 5.41) is 22.9. The van der Waals surface area contributed by atoms with E-state index in [0.717, 1.165) is 12.8 Å². The molecule has 0 saturated heterocycles. The van der Waals surface area contributed by atoms with Gasteiger partial charge in [-0.25, -0.2) is 0 Å². The second-order valence-corrected chi connectivity index (χ2v) is 4.85. The van der Waals surface area contributed by atoms with Gasteiger partial charge in [-0.05, 0) is 24.0 Å². The third-order valence-corrected chi connectivity index (χ3v) is 3.12. The van der Waals surface area contributed by atoms with Gasteiger partial charge < -0.3 is 10.2 Å². The van der Waals surface area contributed by atoms with Crippen molar-refractivity contribution in [1.29, 1.82) is 0 Å². The maximum atomic E-state index is 11.5. The van der Waals surface area contributed by atoms with E-state index in [-0.39, 0.29) is 28.6 Å². The molecule has 23 heavy (non-hydrogen) atoms. The van der Waals surface area contributed by atoms with E-state index in [2.05, 4.69) is 9.98 Å². The maximum Gasteiger partial charge on any atom is 2.00 e.